The first kappa shape index (κ1) is 16.3. The van der Waals surface area contributed by atoms with Gasteiger partial charge in [-0.2, -0.15) is 0 Å². The number of hydrogen-bond acceptors (Lipinski definition) is 3. The third kappa shape index (κ3) is 4.71. The topological polar surface area (TPSA) is 24.5 Å². The molecule has 0 spiro atoms. The van der Waals surface area contributed by atoms with E-state index in [0.717, 1.165) is 25.7 Å². The molecule has 2 heterocycles. The predicted molar refractivity (Wildman–Crippen MR) is 85.1 cm³/mol. The first-order valence-corrected chi connectivity index (χ1v) is 8.48. The monoisotopic (exact) mass is 282 g/mol. The van der Waals surface area contributed by atoms with Crippen molar-refractivity contribution < 1.29 is 4.74 Å². The Morgan fingerprint density at radius 1 is 1.35 bits per heavy atom. The third-order valence-electron chi connectivity index (χ3n) is 4.90. The van der Waals surface area contributed by atoms with E-state index in [1.54, 1.807) is 0 Å². The van der Waals surface area contributed by atoms with E-state index >= 15 is 0 Å². The first-order valence-electron chi connectivity index (χ1n) is 8.48. The summed E-state index contributed by atoms with van der Waals surface area (Å²) < 4.78 is 5.85. The second kappa shape index (κ2) is 6.76. The maximum atomic E-state index is 5.85. The fourth-order valence-electron chi connectivity index (χ4n) is 3.55. The third-order valence-corrected chi connectivity index (χ3v) is 4.90. The minimum absolute atomic E-state index is 0.196. The normalized spacial score (nSPS) is 32.7. The summed E-state index contributed by atoms with van der Waals surface area (Å²) in [5.41, 5.74) is 0.523. The molecule has 3 heteroatoms. The molecule has 0 aliphatic carbocycles. The van der Waals surface area contributed by atoms with Crippen LogP contribution in [0.2, 0.25) is 0 Å². The predicted octanol–water partition coefficient (Wildman–Crippen LogP) is 2.90. The fourth-order valence-corrected chi connectivity index (χ4v) is 3.55. The maximum Gasteiger partial charge on any atom is 0.0546 e. The summed E-state index contributed by atoms with van der Waals surface area (Å²) in [6.07, 6.45) is 5.25. The lowest BCUT2D eigenvalue weighted by molar-refractivity contribution is -0.0261. The largest absolute Gasteiger partial charge is 0.381 e. The molecule has 1 N–H and O–H groups in total. The maximum absolute atomic E-state index is 5.85. The molecule has 3 nitrogen and oxygen atoms in total. The standard InChI is InChI=1S/C17H34N2O/c1-5-15-7-9-19(11-15)13-17(8-6-10-20-14-17)12-18-16(2,3)4/h15,18H,5-14H2,1-4H3. The fraction of sp³-hybridized carbons (Fsp3) is 1.00. The Labute approximate surface area is 125 Å². The molecular formula is C17H34N2O. The zero-order chi connectivity index (χ0) is 14.6. The highest BCUT2D eigenvalue weighted by Gasteiger charge is 2.37. The van der Waals surface area contributed by atoms with E-state index in [9.17, 15) is 0 Å². The van der Waals surface area contributed by atoms with Crippen LogP contribution in [0.3, 0.4) is 0 Å². The highest BCUT2D eigenvalue weighted by Crippen LogP contribution is 2.32. The summed E-state index contributed by atoms with van der Waals surface area (Å²) in [6, 6.07) is 0. The van der Waals surface area contributed by atoms with Crippen molar-refractivity contribution in [2.24, 2.45) is 11.3 Å². The summed E-state index contributed by atoms with van der Waals surface area (Å²) in [6.45, 7) is 15.9. The summed E-state index contributed by atoms with van der Waals surface area (Å²) in [5.74, 6) is 0.923. The summed E-state index contributed by atoms with van der Waals surface area (Å²) in [7, 11) is 0. The van der Waals surface area contributed by atoms with Crippen LogP contribution < -0.4 is 5.32 Å². The van der Waals surface area contributed by atoms with Gasteiger partial charge < -0.3 is 15.0 Å². The Hall–Kier alpha value is -0.120. The van der Waals surface area contributed by atoms with Gasteiger partial charge in [0, 0.05) is 37.2 Å². The number of rotatable bonds is 5. The molecule has 2 aliphatic heterocycles. The summed E-state index contributed by atoms with van der Waals surface area (Å²) in [4.78, 5) is 2.69. The number of hydrogen-bond donors (Lipinski definition) is 1. The molecule has 2 aliphatic rings. The van der Waals surface area contributed by atoms with Crippen molar-refractivity contribution in [2.45, 2.75) is 58.9 Å². The van der Waals surface area contributed by atoms with Gasteiger partial charge in [0.1, 0.15) is 0 Å². The molecular weight excluding hydrogens is 248 g/mol. The molecule has 20 heavy (non-hydrogen) atoms. The smallest absolute Gasteiger partial charge is 0.0546 e. The van der Waals surface area contributed by atoms with Crippen LogP contribution in [0.25, 0.3) is 0 Å². The zero-order valence-electron chi connectivity index (χ0n) is 14.0. The molecule has 118 valence electrons. The highest BCUT2D eigenvalue weighted by atomic mass is 16.5. The average Bonchev–Trinajstić information content (AvgIpc) is 2.84. The molecule has 2 fully saturated rings. The van der Waals surface area contributed by atoms with Gasteiger partial charge in [-0.05, 0) is 52.5 Å². The van der Waals surface area contributed by atoms with E-state index in [1.807, 2.05) is 0 Å². The number of nitrogens with one attached hydrogen (secondary N) is 1. The van der Waals surface area contributed by atoms with Gasteiger partial charge in [-0.25, -0.2) is 0 Å². The Balaban J connectivity index is 1.92. The Morgan fingerprint density at radius 2 is 2.15 bits per heavy atom. The lowest BCUT2D eigenvalue weighted by Crippen LogP contribution is -2.52. The molecule has 0 aromatic carbocycles. The first-order chi connectivity index (χ1) is 9.42. The van der Waals surface area contributed by atoms with Crippen LogP contribution >= 0.6 is 0 Å². The van der Waals surface area contributed by atoms with Crippen LogP contribution in [0, 0.1) is 11.3 Å². The van der Waals surface area contributed by atoms with Crippen LogP contribution in [-0.2, 0) is 4.74 Å². The Bertz CT molecular complexity index is 292. The van der Waals surface area contributed by atoms with Gasteiger partial charge in [0.2, 0.25) is 0 Å². The van der Waals surface area contributed by atoms with E-state index in [-0.39, 0.29) is 5.54 Å². The minimum atomic E-state index is 0.196. The molecule has 0 radical (unpaired) electrons. The van der Waals surface area contributed by atoms with Crippen molar-refractivity contribution in [2.75, 3.05) is 39.4 Å². The van der Waals surface area contributed by atoms with Crippen LogP contribution in [0.1, 0.15) is 53.4 Å². The molecule has 2 saturated heterocycles. The average molecular weight is 282 g/mol. The van der Waals surface area contributed by atoms with Gasteiger partial charge in [-0.15, -0.1) is 0 Å². The SMILES string of the molecule is CCC1CCN(CC2(CNC(C)(C)C)CCCOC2)C1. The second-order valence-electron chi connectivity index (χ2n) is 8.06. The van der Waals surface area contributed by atoms with Gasteiger partial charge in [-0.1, -0.05) is 13.3 Å². The van der Waals surface area contributed by atoms with E-state index in [2.05, 4.69) is 37.9 Å². The van der Waals surface area contributed by atoms with Crippen LogP contribution in [0.4, 0.5) is 0 Å². The molecule has 0 aromatic rings. The van der Waals surface area contributed by atoms with Gasteiger partial charge in [-0.3, -0.25) is 0 Å². The van der Waals surface area contributed by atoms with Gasteiger partial charge in [0.15, 0.2) is 0 Å². The van der Waals surface area contributed by atoms with Crippen molar-refractivity contribution >= 4 is 0 Å². The molecule has 2 rings (SSSR count). The van der Waals surface area contributed by atoms with Crippen LogP contribution in [-0.4, -0.2) is 49.8 Å². The number of nitrogens with zero attached hydrogens (tertiary/aromatic N) is 1. The Morgan fingerprint density at radius 3 is 2.70 bits per heavy atom. The summed E-state index contributed by atoms with van der Waals surface area (Å²) in [5, 5.41) is 3.72. The van der Waals surface area contributed by atoms with Crippen molar-refractivity contribution in [3.63, 3.8) is 0 Å². The molecule has 0 aromatic heterocycles. The van der Waals surface area contributed by atoms with Crippen molar-refractivity contribution in [1.82, 2.24) is 10.2 Å². The van der Waals surface area contributed by atoms with Crippen molar-refractivity contribution in [3.05, 3.63) is 0 Å². The van der Waals surface area contributed by atoms with Crippen molar-refractivity contribution in [3.8, 4) is 0 Å². The number of likely N-dealkylation sites (tertiary alicyclic amines) is 1. The molecule has 2 unspecified atom stereocenters. The lowest BCUT2D eigenvalue weighted by Gasteiger charge is -2.42. The van der Waals surface area contributed by atoms with Gasteiger partial charge in [0.25, 0.3) is 0 Å². The number of ether oxygens (including phenoxy) is 1. The summed E-state index contributed by atoms with van der Waals surface area (Å²) >= 11 is 0. The van der Waals surface area contributed by atoms with E-state index in [4.69, 9.17) is 4.74 Å². The van der Waals surface area contributed by atoms with E-state index in [1.165, 1.54) is 45.3 Å². The highest BCUT2D eigenvalue weighted by molar-refractivity contribution is 4.91. The molecule has 2 atom stereocenters. The van der Waals surface area contributed by atoms with Gasteiger partial charge in [0.05, 0.1) is 6.61 Å². The molecule has 0 amide bonds. The molecule has 0 bridgehead atoms. The zero-order valence-corrected chi connectivity index (χ0v) is 14.0. The molecule has 0 saturated carbocycles. The Kier molecular flexibility index (Phi) is 5.49. The van der Waals surface area contributed by atoms with Crippen LogP contribution in [0.15, 0.2) is 0 Å². The van der Waals surface area contributed by atoms with Crippen LogP contribution in [0.5, 0.6) is 0 Å². The second-order valence-corrected chi connectivity index (χ2v) is 8.06. The lowest BCUT2D eigenvalue weighted by atomic mass is 9.81. The van der Waals surface area contributed by atoms with E-state index < -0.39 is 0 Å². The minimum Gasteiger partial charge on any atom is -0.381 e. The van der Waals surface area contributed by atoms with Gasteiger partial charge >= 0.3 is 0 Å². The van der Waals surface area contributed by atoms with Crippen molar-refractivity contribution in [1.29, 1.82) is 0 Å². The van der Waals surface area contributed by atoms with E-state index in [0.29, 0.717) is 5.41 Å². The quantitative estimate of drug-likeness (QED) is 0.839.